The number of hydrogen-bond donors (Lipinski definition) is 1. The van der Waals surface area contributed by atoms with Crippen molar-refractivity contribution in [3.05, 3.63) is 48.2 Å². The van der Waals surface area contributed by atoms with Gasteiger partial charge >= 0.3 is 0 Å². The number of aromatic nitrogens is 1. The van der Waals surface area contributed by atoms with E-state index in [0.29, 0.717) is 10.9 Å². The molecule has 1 aromatic carbocycles. The zero-order valence-electron chi connectivity index (χ0n) is 15.3. The second kappa shape index (κ2) is 8.66. The number of anilines is 1. The zero-order chi connectivity index (χ0) is 19.3. The summed E-state index contributed by atoms with van der Waals surface area (Å²) in [5.41, 5.74) is 1.97. The van der Waals surface area contributed by atoms with Crippen LogP contribution in [0.1, 0.15) is 25.3 Å². The van der Waals surface area contributed by atoms with Gasteiger partial charge in [0.05, 0.1) is 10.8 Å². The minimum atomic E-state index is -3.49. The van der Waals surface area contributed by atoms with E-state index >= 15 is 0 Å². The first kappa shape index (κ1) is 20.4. The predicted molar refractivity (Wildman–Crippen MR) is 105 cm³/mol. The molecule has 0 fully saturated rings. The van der Waals surface area contributed by atoms with E-state index in [2.05, 4.69) is 24.1 Å². The van der Waals surface area contributed by atoms with Gasteiger partial charge in [0, 0.05) is 26.0 Å². The lowest BCUT2D eigenvalue weighted by Crippen LogP contribution is -2.22. The predicted octanol–water partition coefficient (Wildman–Crippen LogP) is 3.19. The molecule has 0 atom stereocenters. The van der Waals surface area contributed by atoms with Crippen LogP contribution in [0.15, 0.2) is 52.5 Å². The molecule has 6 nitrogen and oxygen atoms in total. The Bertz CT molecular complexity index is 846. The SMILES string of the molecule is CC(C)c1ccc(NC(=O)CSc2ccc(S(=O)(=O)N(C)C)cn2)cc1. The lowest BCUT2D eigenvalue weighted by atomic mass is 10.0. The monoisotopic (exact) mass is 393 g/mol. The number of sulfonamides is 1. The summed E-state index contributed by atoms with van der Waals surface area (Å²) in [6.07, 6.45) is 1.31. The largest absolute Gasteiger partial charge is 0.325 e. The average molecular weight is 394 g/mol. The molecule has 1 heterocycles. The highest BCUT2D eigenvalue weighted by Gasteiger charge is 2.17. The first-order valence-electron chi connectivity index (χ1n) is 8.11. The van der Waals surface area contributed by atoms with Gasteiger partial charge in [0.15, 0.2) is 0 Å². The highest BCUT2D eigenvalue weighted by atomic mass is 32.2. The van der Waals surface area contributed by atoms with Crippen LogP contribution in [-0.2, 0) is 14.8 Å². The molecule has 1 N–H and O–H groups in total. The number of hydrogen-bond acceptors (Lipinski definition) is 5. The van der Waals surface area contributed by atoms with Gasteiger partial charge in [0.1, 0.15) is 4.90 Å². The summed E-state index contributed by atoms with van der Waals surface area (Å²) in [5, 5.41) is 3.43. The van der Waals surface area contributed by atoms with E-state index in [4.69, 9.17) is 0 Å². The van der Waals surface area contributed by atoms with Crippen LogP contribution in [0.3, 0.4) is 0 Å². The third-order valence-electron chi connectivity index (χ3n) is 3.70. The summed E-state index contributed by atoms with van der Waals surface area (Å²) in [6.45, 7) is 4.23. The summed E-state index contributed by atoms with van der Waals surface area (Å²) >= 11 is 1.25. The number of nitrogens with one attached hydrogen (secondary N) is 1. The van der Waals surface area contributed by atoms with Gasteiger partial charge in [-0.1, -0.05) is 37.7 Å². The number of rotatable bonds is 7. The van der Waals surface area contributed by atoms with Gasteiger partial charge in [0.2, 0.25) is 15.9 Å². The van der Waals surface area contributed by atoms with Crippen molar-refractivity contribution in [3.8, 4) is 0 Å². The topological polar surface area (TPSA) is 79.4 Å². The molecule has 0 aliphatic carbocycles. The van der Waals surface area contributed by atoms with E-state index in [9.17, 15) is 13.2 Å². The van der Waals surface area contributed by atoms with Crippen molar-refractivity contribution in [1.29, 1.82) is 0 Å². The third-order valence-corrected chi connectivity index (χ3v) is 6.44. The molecule has 0 bridgehead atoms. The van der Waals surface area contributed by atoms with Crippen LogP contribution in [0.2, 0.25) is 0 Å². The van der Waals surface area contributed by atoms with Crippen molar-refractivity contribution in [2.45, 2.75) is 29.7 Å². The summed E-state index contributed by atoms with van der Waals surface area (Å²) < 4.78 is 25.1. The van der Waals surface area contributed by atoms with Gasteiger partial charge in [-0.15, -0.1) is 0 Å². The van der Waals surface area contributed by atoms with Crippen molar-refractivity contribution in [2.75, 3.05) is 25.2 Å². The van der Waals surface area contributed by atoms with Gasteiger partial charge in [0.25, 0.3) is 0 Å². The van der Waals surface area contributed by atoms with Gasteiger partial charge < -0.3 is 5.32 Å². The summed E-state index contributed by atoms with van der Waals surface area (Å²) in [6, 6.07) is 10.9. The molecule has 0 aliphatic heterocycles. The molecule has 140 valence electrons. The highest BCUT2D eigenvalue weighted by molar-refractivity contribution is 7.99. The molecule has 8 heteroatoms. The fraction of sp³-hybridized carbons (Fsp3) is 0.333. The van der Waals surface area contributed by atoms with Gasteiger partial charge in [-0.05, 0) is 35.7 Å². The third kappa shape index (κ3) is 5.30. The Morgan fingerprint density at radius 1 is 1.15 bits per heavy atom. The standard InChI is InChI=1S/C18H23N3O3S2/c1-13(2)14-5-7-15(8-6-14)20-17(22)12-25-18-10-9-16(11-19-18)26(23,24)21(3)4/h5-11,13H,12H2,1-4H3,(H,20,22). The molecule has 1 aromatic heterocycles. The van der Waals surface area contributed by atoms with E-state index in [1.807, 2.05) is 24.3 Å². The van der Waals surface area contributed by atoms with Crippen molar-refractivity contribution in [1.82, 2.24) is 9.29 Å². The maximum absolute atomic E-state index is 12.1. The van der Waals surface area contributed by atoms with Gasteiger partial charge in [-0.3, -0.25) is 4.79 Å². The van der Waals surface area contributed by atoms with E-state index in [0.717, 1.165) is 9.99 Å². The van der Waals surface area contributed by atoms with Crippen LogP contribution in [-0.4, -0.2) is 43.5 Å². The Hall–Kier alpha value is -1.90. The molecule has 26 heavy (non-hydrogen) atoms. The first-order valence-corrected chi connectivity index (χ1v) is 10.5. The van der Waals surface area contributed by atoms with Crippen LogP contribution in [0, 0.1) is 0 Å². The Labute approximate surface area is 159 Å². The molecule has 2 rings (SSSR count). The van der Waals surface area contributed by atoms with Crippen LogP contribution in [0.4, 0.5) is 5.69 Å². The number of carbonyl (C=O) groups is 1. The summed E-state index contributed by atoms with van der Waals surface area (Å²) in [4.78, 5) is 16.3. The molecule has 0 saturated carbocycles. The number of benzene rings is 1. The smallest absolute Gasteiger partial charge is 0.244 e. The number of pyridine rings is 1. The normalized spacial score (nSPS) is 11.8. The fourth-order valence-corrected chi connectivity index (χ4v) is 3.59. The van der Waals surface area contributed by atoms with Crippen molar-refractivity contribution in [2.24, 2.45) is 0 Å². The number of thioether (sulfide) groups is 1. The molecular formula is C18H23N3O3S2. The Kier molecular flexibility index (Phi) is 6.80. The van der Waals surface area contributed by atoms with Crippen molar-refractivity contribution in [3.63, 3.8) is 0 Å². The molecule has 0 radical (unpaired) electrons. The maximum Gasteiger partial charge on any atom is 0.244 e. The van der Waals surface area contributed by atoms with Crippen molar-refractivity contribution >= 4 is 33.4 Å². The van der Waals surface area contributed by atoms with Crippen LogP contribution >= 0.6 is 11.8 Å². The Morgan fingerprint density at radius 2 is 1.81 bits per heavy atom. The van der Waals surface area contributed by atoms with E-state index in [1.165, 1.54) is 43.7 Å². The average Bonchev–Trinajstić information content (AvgIpc) is 2.60. The van der Waals surface area contributed by atoms with E-state index < -0.39 is 10.0 Å². The van der Waals surface area contributed by atoms with E-state index in [-0.39, 0.29) is 16.6 Å². The quantitative estimate of drug-likeness (QED) is 0.731. The second-order valence-electron chi connectivity index (χ2n) is 6.23. The van der Waals surface area contributed by atoms with Gasteiger partial charge in [-0.2, -0.15) is 0 Å². The Balaban J connectivity index is 1.91. The second-order valence-corrected chi connectivity index (χ2v) is 9.38. The minimum Gasteiger partial charge on any atom is -0.325 e. The lowest BCUT2D eigenvalue weighted by molar-refractivity contribution is -0.113. The molecule has 0 spiro atoms. The van der Waals surface area contributed by atoms with Crippen molar-refractivity contribution < 1.29 is 13.2 Å². The zero-order valence-corrected chi connectivity index (χ0v) is 16.9. The highest BCUT2D eigenvalue weighted by Crippen LogP contribution is 2.20. The Morgan fingerprint density at radius 3 is 2.31 bits per heavy atom. The number of carbonyl (C=O) groups excluding carboxylic acids is 1. The molecule has 1 amide bonds. The van der Waals surface area contributed by atoms with Crippen LogP contribution < -0.4 is 5.32 Å². The van der Waals surface area contributed by atoms with Crippen LogP contribution in [0.25, 0.3) is 0 Å². The van der Waals surface area contributed by atoms with Gasteiger partial charge in [-0.25, -0.2) is 17.7 Å². The first-order chi connectivity index (χ1) is 12.2. The fourth-order valence-electron chi connectivity index (χ4n) is 2.10. The van der Waals surface area contributed by atoms with E-state index in [1.54, 1.807) is 6.07 Å². The maximum atomic E-state index is 12.1. The molecule has 0 unspecified atom stereocenters. The molecule has 2 aromatic rings. The summed E-state index contributed by atoms with van der Waals surface area (Å²) in [7, 11) is -0.557. The number of nitrogens with zero attached hydrogens (tertiary/aromatic N) is 2. The molecule has 0 aliphatic rings. The minimum absolute atomic E-state index is 0.126. The molecule has 0 saturated heterocycles. The number of amides is 1. The van der Waals surface area contributed by atoms with Crippen LogP contribution in [0.5, 0.6) is 0 Å². The molecular weight excluding hydrogens is 370 g/mol. The lowest BCUT2D eigenvalue weighted by Gasteiger charge is -2.11. The summed E-state index contributed by atoms with van der Waals surface area (Å²) in [5.74, 6) is 0.498.